The smallest absolute Gasteiger partial charge is 0.256 e. The average Bonchev–Trinajstić information content (AvgIpc) is 2.91. The van der Waals surface area contributed by atoms with Crippen molar-refractivity contribution < 1.29 is 9.53 Å². The van der Waals surface area contributed by atoms with Gasteiger partial charge in [0.25, 0.3) is 5.91 Å². The summed E-state index contributed by atoms with van der Waals surface area (Å²) in [5.41, 5.74) is 3.10. The Labute approximate surface area is 124 Å². The normalized spacial score (nSPS) is 24.4. The lowest BCUT2D eigenvalue weighted by atomic mass is 10.0. The van der Waals surface area contributed by atoms with Gasteiger partial charge in [0.15, 0.2) is 0 Å². The minimum absolute atomic E-state index is 0.0230. The number of carbonyl (C=O) groups is 1. The van der Waals surface area contributed by atoms with Gasteiger partial charge in [0, 0.05) is 5.56 Å². The molecule has 0 unspecified atom stereocenters. The number of hydrogen-bond donors (Lipinski definition) is 0. The van der Waals surface area contributed by atoms with Gasteiger partial charge in [0.2, 0.25) is 0 Å². The topological polar surface area (TPSA) is 29.5 Å². The molecule has 2 aromatic rings. The summed E-state index contributed by atoms with van der Waals surface area (Å²) in [6, 6.07) is 18.1. The van der Waals surface area contributed by atoms with Crippen molar-refractivity contribution in [2.45, 2.75) is 25.1 Å². The van der Waals surface area contributed by atoms with E-state index in [1.54, 1.807) is 0 Å². The quantitative estimate of drug-likeness (QED) is 0.802. The van der Waals surface area contributed by atoms with Crippen molar-refractivity contribution in [3.63, 3.8) is 0 Å². The first-order valence-corrected chi connectivity index (χ1v) is 7.42. The van der Waals surface area contributed by atoms with Crippen molar-refractivity contribution in [2.75, 3.05) is 6.61 Å². The number of rotatable bonds is 1. The lowest BCUT2D eigenvalue weighted by molar-refractivity contribution is 0.0237. The monoisotopic (exact) mass is 279 g/mol. The Bertz CT molecular complexity index is 668. The Hall–Kier alpha value is -2.13. The van der Waals surface area contributed by atoms with Crippen molar-refractivity contribution in [3.05, 3.63) is 71.3 Å². The van der Waals surface area contributed by atoms with Gasteiger partial charge in [-0.3, -0.25) is 4.79 Å². The molecule has 3 nitrogen and oxygen atoms in total. The molecule has 21 heavy (non-hydrogen) atoms. The zero-order chi connectivity index (χ0) is 14.2. The number of ether oxygens (including phenoxy) is 1. The highest BCUT2D eigenvalue weighted by atomic mass is 16.5. The van der Waals surface area contributed by atoms with Gasteiger partial charge in [-0.15, -0.1) is 0 Å². The predicted octanol–water partition coefficient (Wildman–Crippen LogP) is 3.17. The van der Waals surface area contributed by atoms with Gasteiger partial charge >= 0.3 is 0 Å². The van der Waals surface area contributed by atoms with E-state index >= 15 is 0 Å². The molecule has 2 aliphatic heterocycles. The molecule has 2 aliphatic rings. The first-order chi connectivity index (χ1) is 10.3. The molecule has 0 N–H and O–H groups in total. The minimum atomic E-state index is -0.102. The zero-order valence-corrected chi connectivity index (χ0v) is 11.7. The van der Waals surface area contributed by atoms with Crippen LogP contribution in [0.1, 0.15) is 33.9 Å². The highest BCUT2D eigenvalue weighted by Gasteiger charge is 2.41. The number of fused-ring (bicyclic) bond motifs is 2. The maximum atomic E-state index is 12.9. The molecule has 0 radical (unpaired) electrons. The molecule has 2 atom stereocenters. The second kappa shape index (κ2) is 5.01. The van der Waals surface area contributed by atoms with Crippen molar-refractivity contribution in [2.24, 2.45) is 0 Å². The molecule has 1 amide bonds. The molecule has 2 heterocycles. The van der Waals surface area contributed by atoms with Crippen LogP contribution in [0.3, 0.4) is 0 Å². The lowest BCUT2D eigenvalue weighted by Gasteiger charge is -2.27. The van der Waals surface area contributed by atoms with Crippen LogP contribution in [-0.4, -0.2) is 23.6 Å². The first kappa shape index (κ1) is 12.6. The highest BCUT2D eigenvalue weighted by Crippen LogP contribution is 2.36. The van der Waals surface area contributed by atoms with Crippen LogP contribution >= 0.6 is 0 Å². The summed E-state index contributed by atoms with van der Waals surface area (Å²) in [6.45, 7) is 0.586. The van der Waals surface area contributed by atoms with Crippen LogP contribution in [0.15, 0.2) is 54.6 Å². The largest absolute Gasteiger partial charge is 0.356 e. The van der Waals surface area contributed by atoms with Crippen molar-refractivity contribution in [1.82, 2.24) is 4.90 Å². The van der Waals surface area contributed by atoms with Crippen LogP contribution in [0.2, 0.25) is 0 Å². The van der Waals surface area contributed by atoms with Gasteiger partial charge in [0.05, 0.1) is 12.6 Å². The molecule has 0 spiro atoms. The van der Waals surface area contributed by atoms with E-state index in [1.807, 2.05) is 47.4 Å². The summed E-state index contributed by atoms with van der Waals surface area (Å²) in [5, 5.41) is 0. The number of benzene rings is 2. The maximum Gasteiger partial charge on any atom is 0.256 e. The van der Waals surface area contributed by atoms with Gasteiger partial charge in [-0.25, -0.2) is 0 Å². The van der Waals surface area contributed by atoms with E-state index in [0.29, 0.717) is 6.61 Å². The van der Waals surface area contributed by atoms with E-state index in [-0.39, 0.29) is 18.2 Å². The van der Waals surface area contributed by atoms with Crippen LogP contribution in [0.5, 0.6) is 0 Å². The molecule has 1 saturated heterocycles. The number of aryl methyl sites for hydroxylation is 1. The number of carbonyl (C=O) groups excluding carboxylic acids is 1. The molecule has 2 aromatic carbocycles. The number of hydrogen-bond acceptors (Lipinski definition) is 2. The van der Waals surface area contributed by atoms with E-state index < -0.39 is 0 Å². The van der Waals surface area contributed by atoms with Gasteiger partial charge in [-0.05, 0) is 30.0 Å². The van der Waals surface area contributed by atoms with Gasteiger partial charge < -0.3 is 9.64 Å². The fraction of sp³-hybridized carbons (Fsp3) is 0.278. The molecule has 0 aliphatic carbocycles. The van der Waals surface area contributed by atoms with Gasteiger partial charge in [-0.1, -0.05) is 48.5 Å². The summed E-state index contributed by atoms with van der Waals surface area (Å²) < 4.78 is 5.91. The third-order valence-electron chi connectivity index (χ3n) is 4.42. The lowest BCUT2D eigenvalue weighted by Crippen LogP contribution is -2.36. The third-order valence-corrected chi connectivity index (χ3v) is 4.42. The Kier molecular flexibility index (Phi) is 3.00. The van der Waals surface area contributed by atoms with Crippen molar-refractivity contribution in [1.29, 1.82) is 0 Å². The molecule has 0 bridgehead atoms. The van der Waals surface area contributed by atoms with Gasteiger partial charge in [-0.2, -0.15) is 0 Å². The second-order valence-electron chi connectivity index (χ2n) is 5.62. The number of amides is 1. The molecule has 3 heteroatoms. The maximum absolute atomic E-state index is 12.9. The predicted molar refractivity (Wildman–Crippen MR) is 79.9 cm³/mol. The summed E-state index contributed by atoms with van der Waals surface area (Å²) in [6.07, 6.45) is 1.66. The molecular formula is C18H17NO2. The summed E-state index contributed by atoms with van der Waals surface area (Å²) >= 11 is 0. The Morgan fingerprint density at radius 2 is 1.76 bits per heavy atom. The van der Waals surface area contributed by atoms with E-state index in [2.05, 4.69) is 12.1 Å². The standard InChI is InChI=1S/C18H17NO2/c20-18-15-9-5-4-6-13(15)10-11-17-19(18)16(12-21-17)14-7-2-1-3-8-14/h1-9,16-17H,10-12H2/t16-,17-/m0/s1. The average molecular weight is 279 g/mol. The zero-order valence-electron chi connectivity index (χ0n) is 11.7. The Balaban J connectivity index is 1.75. The summed E-state index contributed by atoms with van der Waals surface area (Å²) in [7, 11) is 0. The molecule has 4 rings (SSSR count). The molecule has 0 saturated carbocycles. The molecular weight excluding hydrogens is 262 g/mol. The molecule has 1 fully saturated rings. The summed E-state index contributed by atoms with van der Waals surface area (Å²) in [4.78, 5) is 14.9. The van der Waals surface area contributed by atoms with E-state index in [4.69, 9.17) is 4.74 Å². The SMILES string of the molecule is O=C1c2ccccc2CC[C@@H]2OC[C@@H](c3ccccc3)N12. The fourth-order valence-electron chi connectivity index (χ4n) is 3.36. The van der Waals surface area contributed by atoms with Crippen LogP contribution in [0, 0.1) is 0 Å². The molecule has 106 valence electrons. The first-order valence-electron chi connectivity index (χ1n) is 7.42. The van der Waals surface area contributed by atoms with Gasteiger partial charge in [0.1, 0.15) is 6.23 Å². The van der Waals surface area contributed by atoms with E-state index in [1.165, 1.54) is 0 Å². The Morgan fingerprint density at radius 3 is 2.62 bits per heavy atom. The van der Waals surface area contributed by atoms with Crippen molar-refractivity contribution >= 4 is 5.91 Å². The van der Waals surface area contributed by atoms with Crippen LogP contribution in [0.25, 0.3) is 0 Å². The third kappa shape index (κ3) is 2.05. The molecule has 0 aromatic heterocycles. The highest BCUT2D eigenvalue weighted by molar-refractivity contribution is 5.96. The van der Waals surface area contributed by atoms with Crippen LogP contribution in [0.4, 0.5) is 0 Å². The van der Waals surface area contributed by atoms with E-state index in [0.717, 1.165) is 29.5 Å². The van der Waals surface area contributed by atoms with Crippen LogP contribution in [-0.2, 0) is 11.2 Å². The number of nitrogens with zero attached hydrogens (tertiary/aromatic N) is 1. The van der Waals surface area contributed by atoms with Crippen LogP contribution < -0.4 is 0 Å². The summed E-state index contributed by atoms with van der Waals surface area (Å²) in [5.74, 6) is 0.0967. The minimum Gasteiger partial charge on any atom is -0.356 e. The van der Waals surface area contributed by atoms with E-state index in [9.17, 15) is 4.79 Å². The Morgan fingerprint density at radius 1 is 1.00 bits per heavy atom. The van der Waals surface area contributed by atoms with Crippen molar-refractivity contribution in [3.8, 4) is 0 Å². The fourth-order valence-corrected chi connectivity index (χ4v) is 3.36. The second-order valence-corrected chi connectivity index (χ2v) is 5.62.